The molecule has 1 aromatic carbocycles. The maximum Gasteiger partial charge on any atom is 0.0481 e. The SMILES string of the molecule is Cn1cc(CNCCN)c2ccccc21. The molecule has 0 amide bonds. The van der Waals surface area contributed by atoms with Crippen LogP contribution in [-0.2, 0) is 13.6 Å². The highest BCUT2D eigenvalue weighted by Crippen LogP contribution is 2.19. The van der Waals surface area contributed by atoms with Crippen LogP contribution in [0.3, 0.4) is 0 Å². The molecule has 2 aromatic rings. The van der Waals surface area contributed by atoms with Crippen LogP contribution < -0.4 is 11.1 Å². The highest BCUT2D eigenvalue weighted by atomic mass is 14.9. The number of fused-ring (bicyclic) bond motifs is 1. The first-order chi connectivity index (χ1) is 7.33. The molecule has 15 heavy (non-hydrogen) atoms. The van der Waals surface area contributed by atoms with Crippen LogP contribution in [0.5, 0.6) is 0 Å². The summed E-state index contributed by atoms with van der Waals surface area (Å²) in [6.07, 6.45) is 2.17. The largest absolute Gasteiger partial charge is 0.350 e. The van der Waals surface area contributed by atoms with Crippen molar-refractivity contribution in [2.24, 2.45) is 12.8 Å². The van der Waals surface area contributed by atoms with Crippen molar-refractivity contribution in [2.75, 3.05) is 13.1 Å². The quantitative estimate of drug-likeness (QED) is 0.734. The molecule has 0 spiro atoms. The standard InChI is InChI=1S/C12H17N3/c1-15-9-10(8-14-7-6-13)11-4-2-3-5-12(11)15/h2-5,9,14H,6-8,13H2,1H3. The number of nitrogens with two attached hydrogens (primary N) is 1. The summed E-state index contributed by atoms with van der Waals surface area (Å²) in [5.74, 6) is 0. The molecule has 0 fully saturated rings. The highest BCUT2D eigenvalue weighted by molar-refractivity contribution is 5.83. The van der Waals surface area contributed by atoms with Crippen LogP contribution in [0.1, 0.15) is 5.56 Å². The molecular weight excluding hydrogens is 186 g/mol. The zero-order valence-electron chi connectivity index (χ0n) is 9.03. The smallest absolute Gasteiger partial charge is 0.0481 e. The van der Waals surface area contributed by atoms with Gasteiger partial charge in [-0.25, -0.2) is 0 Å². The maximum absolute atomic E-state index is 5.44. The summed E-state index contributed by atoms with van der Waals surface area (Å²) in [6.45, 7) is 2.44. The van der Waals surface area contributed by atoms with Crippen molar-refractivity contribution in [3.8, 4) is 0 Å². The molecule has 0 radical (unpaired) electrons. The van der Waals surface area contributed by atoms with E-state index in [9.17, 15) is 0 Å². The van der Waals surface area contributed by atoms with E-state index in [1.807, 2.05) is 0 Å². The first-order valence-corrected chi connectivity index (χ1v) is 5.26. The average Bonchev–Trinajstić information content (AvgIpc) is 2.58. The van der Waals surface area contributed by atoms with Crippen molar-refractivity contribution in [3.05, 3.63) is 36.0 Å². The summed E-state index contributed by atoms with van der Waals surface area (Å²) in [4.78, 5) is 0. The molecule has 0 saturated carbocycles. The molecule has 1 heterocycles. The minimum absolute atomic E-state index is 0.685. The molecule has 3 nitrogen and oxygen atoms in total. The van der Waals surface area contributed by atoms with Gasteiger partial charge in [-0.2, -0.15) is 0 Å². The summed E-state index contributed by atoms with van der Waals surface area (Å²) in [7, 11) is 2.08. The first kappa shape index (κ1) is 10.2. The summed E-state index contributed by atoms with van der Waals surface area (Å²) in [5, 5.41) is 4.64. The number of hydrogen-bond donors (Lipinski definition) is 2. The normalized spacial score (nSPS) is 11.1. The lowest BCUT2D eigenvalue weighted by molar-refractivity contribution is 0.696. The third kappa shape index (κ3) is 2.03. The molecule has 3 heteroatoms. The Bertz CT molecular complexity index is 445. The molecule has 0 aliphatic rings. The fraction of sp³-hybridized carbons (Fsp3) is 0.333. The van der Waals surface area contributed by atoms with E-state index in [0.717, 1.165) is 13.1 Å². The minimum atomic E-state index is 0.685. The van der Waals surface area contributed by atoms with E-state index in [-0.39, 0.29) is 0 Å². The molecular formula is C12H17N3. The van der Waals surface area contributed by atoms with Crippen molar-refractivity contribution in [1.82, 2.24) is 9.88 Å². The molecule has 0 unspecified atom stereocenters. The summed E-state index contributed by atoms with van der Waals surface area (Å²) in [6, 6.07) is 8.45. The van der Waals surface area contributed by atoms with E-state index >= 15 is 0 Å². The zero-order valence-corrected chi connectivity index (χ0v) is 9.03. The average molecular weight is 203 g/mol. The summed E-state index contributed by atoms with van der Waals surface area (Å²) >= 11 is 0. The third-order valence-corrected chi connectivity index (χ3v) is 2.62. The molecule has 80 valence electrons. The van der Waals surface area contributed by atoms with Gasteiger partial charge >= 0.3 is 0 Å². The lowest BCUT2D eigenvalue weighted by Gasteiger charge is -2.00. The van der Waals surface area contributed by atoms with Crippen LogP contribution in [0.2, 0.25) is 0 Å². The van der Waals surface area contributed by atoms with Crippen LogP contribution in [0, 0.1) is 0 Å². The lowest BCUT2D eigenvalue weighted by Crippen LogP contribution is -2.21. The predicted octanol–water partition coefficient (Wildman–Crippen LogP) is 1.23. The number of nitrogens with zero attached hydrogens (tertiary/aromatic N) is 1. The van der Waals surface area contributed by atoms with E-state index in [4.69, 9.17) is 5.73 Å². The van der Waals surface area contributed by atoms with E-state index in [1.165, 1.54) is 16.5 Å². The number of benzene rings is 1. The molecule has 2 rings (SSSR count). The van der Waals surface area contributed by atoms with Crippen molar-refractivity contribution >= 4 is 10.9 Å². The molecule has 0 bridgehead atoms. The molecule has 0 aliphatic heterocycles. The topological polar surface area (TPSA) is 43.0 Å². The van der Waals surface area contributed by atoms with Gasteiger partial charge in [0.05, 0.1) is 0 Å². The number of nitrogens with one attached hydrogen (secondary N) is 1. The minimum Gasteiger partial charge on any atom is -0.350 e. The monoisotopic (exact) mass is 203 g/mol. The fourth-order valence-corrected chi connectivity index (χ4v) is 1.89. The Kier molecular flexibility index (Phi) is 3.04. The fourth-order valence-electron chi connectivity index (χ4n) is 1.89. The molecule has 0 atom stereocenters. The van der Waals surface area contributed by atoms with Gasteiger partial charge in [-0.3, -0.25) is 0 Å². The maximum atomic E-state index is 5.44. The number of aryl methyl sites for hydroxylation is 1. The Morgan fingerprint density at radius 3 is 2.93 bits per heavy atom. The molecule has 3 N–H and O–H groups in total. The first-order valence-electron chi connectivity index (χ1n) is 5.26. The Morgan fingerprint density at radius 2 is 2.13 bits per heavy atom. The second kappa shape index (κ2) is 4.47. The van der Waals surface area contributed by atoms with Gasteiger partial charge < -0.3 is 15.6 Å². The number of aromatic nitrogens is 1. The van der Waals surface area contributed by atoms with Crippen LogP contribution in [-0.4, -0.2) is 17.7 Å². The number of rotatable bonds is 4. The summed E-state index contributed by atoms with van der Waals surface area (Å²) in [5.41, 5.74) is 8.06. The zero-order chi connectivity index (χ0) is 10.7. The van der Waals surface area contributed by atoms with Crippen molar-refractivity contribution < 1.29 is 0 Å². The molecule has 0 aliphatic carbocycles. The third-order valence-electron chi connectivity index (χ3n) is 2.62. The second-order valence-electron chi connectivity index (χ2n) is 3.75. The van der Waals surface area contributed by atoms with Gasteiger partial charge in [-0.1, -0.05) is 18.2 Å². The van der Waals surface area contributed by atoms with Gasteiger partial charge in [-0.15, -0.1) is 0 Å². The number of hydrogen-bond acceptors (Lipinski definition) is 2. The van der Waals surface area contributed by atoms with E-state index in [2.05, 4.69) is 47.4 Å². The van der Waals surface area contributed by atoms with E-state index in [1.54, 1.807) is 0 Å². The van der Waals surface area contributed by atoms with Crippen molar-refractivity contribution in [3.63, 3.8) is 0 Å². The van der Waals surface area contributed by atoms with Crippen LogP contribution in [0.4, 0.5) is 0 Å². The van der Waals surface area contributed by atoms with Gasteiger partial charge in [0.2, 0.25) is 0 Å². The van der Waals surface area contributed by atoms with Gasteiger partial charge in [0, 0.05) is 43.8 Å². The van der Waals surface area contributed by atoms with Gasteiger partial charge in [0.25, 0.3) is 0 Å². The van der Waals surface area contributed by atoms with E-state index in [0.29, 0.717) is 6.54 Å². The van der Waals surface area contributed by atoms with Crippen LogP contribution >= 0.6 is 0 Å². The van der Waals surface area contributed by atoms with Crippen LogP contribution in [0.25, 0.3) is 10.9 Å². The lowest BCUT2D eigenvalue weighted by atomic mass is 10.2. The van der Waals surface area contributed by atoms with Crippen molar-refractivity contribution in [1.29, 1.82) is 0 Å². The Hall–Kier alpha value is -1.32. The second-order valence-corrected chi connectivity index (χ2v) is 3.75. The Morgan fingerprint density at radius 1 is 1.33 bits per heavy atom. The van der Waals surface area contributed by atoms with Crippen LogP contribution in [0.15, 0.2) is 30.5 Å². The van der Waals surface area contributed by atoms with Gasteiger partial charge in [0.15, 0.2) is 0 Å². The number of para-hydroxylation sites is 1. The predicted molar refractivity (Wildman–Crippen MR) is 63.7 cm³/mol. The van der Waals surface area contributed by atoms with Crippen molar-refractivity contribution in [2.45, 2.75) is 6.54 Å². The summed E-state index contributed by atoms with van der Waals surface area (Å²) < 4.78 is 2.16. The molecule has 0 saturated heterocycles. The van der Waals surface area contributed by atoms with Gasteiger partial charge in [-0.05, 0) is 11.6 Å². The van der Waals surface area contributed by atoms with Gasteiger partial charge in [0.1, 0.15) is 0 Å². The highest BCUT2D eigenvalue weighted by Gasteiger charge is 2.04. The Labute approximate surface area is 89.9 Å². The van der Waals surface area contributed by atoms with E-state index < -0.39 is 0 Å². The molecule has 1 aromatic heterocycles. The Balaban J connectivity index is 2.27.